The number of amides is 1. The largest absolute Gasteiger partial charge is 0.330 e. The van der Waals surface area contributed by atoms with Crippen molar-refractivity contribution in [1.82, 2.24) is 5.32 Å². The number of rotatable bonds is 0. The standard InChI is InChI=1S/C8H13NO/c1-6-8(2,3)5-4-7(10)9-6/h1,4-5H2,2-3H3,(H,9,10). The number of hydrogen-bond donors (Lipinski definition) is 1. The molecule has 1 fully saturated rings. The molecule has 2 heteroatoms. The molecular weight excluding hydrogens is 126 g/mol. The van der Waals surface area contributed by atoms with Gasteiger partial charge in [0, 0.05) is 17.5 Å². The number of nitrogens with one attached hydrogen (secondary N) is 1. The molecule has 0 unspecified atom stereocenters. The second-order valence-electron chi connectivity index (χ2n) is 3.41. The highest BCUT2D eigenvalue weighted by Crippen LogP contribution is 2.31. The average Bonchev–Trinajstić information content (AvgIpc) is 1.81. The van der Waals surface area contributed by atoms with Gasteiger partial charge < -0.3 is 5.32 Å². The molecule has 0 aliphatic carbocycles. The second kappa shape index (κ2) is 2.11. The summed E-state index contributed by atoms with van der Waals surface area (Å²) >= 11 is 0. The maximum absolute atomic E-state index is 10.8. The molecule has 1 rings (SSSR count). The van der Waals surface area contributed by atoms with E-state index in [1.807, 2.05) is 0 Å². The van der Waals surface area contributed by atoms with Crippen molar-refractivity contribution in [3.8, 4) is 0 Å². The minimum absolute atomic E-state index is 0.0912. The molecule has 0 aromatic rings. The molecule has 56 valence electrons. The van der Waals surface area contributed by atoms with Crippen LogP contribution in [-0.4, -0.2) is 5.91 Å². The zero-order chi connectivity index (χ0) is 7.78. The Morgan fingerprint density at radius 1 is 1.60 bits per heavy atom. The van der Waals surface area contributed by atoms with E-state index in [4.69, 9.17) is 0 Å². The van der Waals surface area contributed by atoms with Gasteiger partial charge in [-0.1, -0.05) is 20.4 Å². The van der Waals surface area contributed by atoms with E-state index in [0.717, 1.165) is 12.1 Å². The Bertz CT molecular complexity index is 182. The van der Waals surface area contributed by atoms with Gasteiger partial charge in [0.25, 0.3) is 0 Å². The maximum Gasteiger partial charge on any atom is 0.224 e. The predicted molar refractivity (Wildman–Crippen MR) is 40.3 cm³/mol. The Balaban J connectivity index is 2.70. The molecule has 0 atom stereocenters. The lowest BCUT2D eigenvalue weighted by atomic mass is 9.82. The van der Waals surface area contributed by atoms with Crippen LogP contribution in [0.25, 0.3) is 0 Å². The molecule has 1 aliphatic heterocycles. The molecule has 1 heterocycles. The number of allylic oxidation sites excluding steroid dienone is 1. The van der Waals surface area contributed by atoms with Gasteiger partial charge >= 0.3 is 0 Å². The summed E-state index contributed by atoms with van der Waals surface area (Å²) in [5.74, 6) is 0.101. The van der Waals surface area contributed by atoms with Crippen molar-refractivity contribution in [3.05, 3.63) is 12.3 Å². The molecule has 1 aliphatic rings. The van der Waals surface area contributed by atoms with E-state index in [2.05, 4.69) is 25.7 Å². The van der Waals surface area contributed by atoms with Crippen LogP contribution in [0.15, 0.2) is 12.3 Å². The van der Waals surface area contributed by atoms with Gasteiger partial charge in [0.1, 0.15) is 0 Å². The SMILES string of the molecule is C=C1NC(=O)CCC1(C)C. The predicted octanol–water partition coefficient (Wildman–Crippen LogP) is 1.44. The third kappa shape index (κ3) is 1.20. The van der Waals surface area contributed by atoms with Crippen molar-refractivity contribution >= 4 is 5.91 Å². The van der Waals surface area contributed by atoms with Crippen LogP contribution in [0.3, 0.4) is 0 Å². The highest BCUT2D eigenvalue weighted by atomic mass is 16.1. The second-order valence-corrected chi connectivity index (χ2v) is 3.41. The van der Waals surface area contributed by atoms with Gasteiger partial charge in [0.15, 0.2) is 0 Å². The van der Waals surface area contributed by atoms with E-state index in [-0.39, 0.29) is 11.3 Å². The van der Waals surface area contributed by atoms with Crippen molar-refractivity contribution in [1.29, 1.82) is 0 Å². The van der Waals surface area contributed by atoms with Crippen LogP contribution in [-0.2, 0) is 4.79 Å². The molecule has 10 heavy (non-hydrogen) atoms. The summed E-state index contributed by atoms with van der Waals surface area (Å²) < 4.78 is 0. The van der Waals surface area contributed by atoms with Crippen molar-refractivity contribution < 1.29 is 4.79 Å². The molecule has 0 aromatic carbocycles. The molecule has 0 aromatic heterocycles. The van der Waals surface area contributed by atoms with Crippen molar-refractivity contribution in [3.63, 3.8) is 0 Å². The number of hydrogen-bond acceptors (Lipinski definition) is 1. The molecule has 2 nitrogen and oxygen atoms in total. The minimum atomic E-state index is 0.0912. The zero-order valence-electron chi connectivity index (χ0n) is 6.53. The Morgan fingerprint density at radius 3 is 2.60 bits per heavy atom. The Labute approximate surface area is 61.3 Å². The summed E-state index contributed by atoms with van der Waals surface area (Å²) in [6.07, 6.45) is 1.55. The Kier molecular flexibility index (Phi) is 1.55. The van der Waals surface area contributed by atoms with Crippen LogP contribution >= 0.6 is 0 Å². The van der Waals surface area contributed by atoms with Crippen molar-refractivity contribution in [2.75, 3.05) is 0 Å². The van der Waals surface area contributed by atoms with Crippen molar-refractivity contribution in [2.45, 2.75) is 26.7 Å². The Morgan fingerprint density at radius 2 is 2.20 bits per heavy atom. The number of carbonyl (C=O) groups excluding carboxylic acids is 1. The summed E-state index contributed by atoms with van der Waals surface area (Å²) in [5.41, 5.74) is 0.942. The van der Waals surface area contributed by atoms with Gasteiger partial charge in [0.2, 0.25) is 5.91 Å². The van der Waals surface area contributed by atoms with Gasteiger partial charge in [-0.05, 0) is 6.42 Å². The first-order valence-corrected chi connectivity index (χ1v) is 3.51. The summed E-state index contributed by atoms with van der Waals surface area (Å²) in [6.45, 7) is 7.97. The van der Waals surface area contributed by atoms with Gasteiger partial charge in [-0.15, -0.1) is 0 Å². The first-order valence-electron chi connectivity index (χ1n) is 3.51. The first-order chi connectivity index (χ1) is 4.52. The summed E-state index contributed by atoms with van der Waals surface area (Å²) in [5, 5.41) is 2.74. The fourth-order valence-corrected chi connectivity index (χ4v) is 0.977. The molecule has 0 bridgehead atoms. The van der Waals surface area contributed by atoms with Gasteiger partial charge in [-0.25, -0.2) is 0 Å². The highest BCUT2D eigenvalue weighted by Gasteiger charge is 2.28. The third-order valence-corrected chi connectivity index (χ3v) is 2.08. The molecule has 0 saturated carbocycles. The van der Waals surface area contributed by atoms with E-state index in [9.17, 15) is 4.79 Å². The van der Waals surface area contributed by atoms with Gasteiger partial charge in [-0.2, -0.15) is 0 Å². The van der Waals surface area contributed by atoms with Crippen LogP contribution < -0.4 is 5.32 Å². The topological polar surface area (TPSA) is 29.1 Å². The van der Waals surface area contributed by atoms with Crippen LogP contribution in [0.2, 0.25) is 0 Å². The third-order valence-electron chi connectivity index (χ3n) is 2.08. The van der Waals surface area contributed by atoms with E-state index >= 15 is 0 Å². The lowest BCUT2D eigenvalue weighted by Gasteiger charge is -2.31. The van der Waals surface area contributed by atoms with Crippen LogP contribution in [0.1, 0.15) is 26.7 Å². The zero-order valence-corrected chi connectivity index (χ0v) is 6.53. The first kappa shape index (κ1) is 7.32. The van der Waals surface area contributed by atoms with E-state index in [1.54, 1.807) is 0 Å². The fourth-order valence-electron chi connectivity index (χ4n) is 0.977. The molecule has 1 amide bonds. The quantitative estimate of drug-likeness (QED) is 0.540. The molecular formula is C8H13NO. The molecule has 1 saturated heterocycles. The molecule has 0 radical (unpaired) electrons. The fraction of sp³-hybridized carbons (Fsp3) is 0.625. The maximum atomic E-state index is 10.8. The van der Waals surface area contributed by atoms with Gasteiger partial charge in [-0.3, -0.25) is 4.79 Å². The smallest absolute Gasteiger partial charge is 0.224 e. The summed E-state index contributed by atoms with van der Waals surface area (Å²) in [4.78, 5) is 10.8. The van der Waals surface area contributed by atoms with Crippen LogP contribution in [0.5, 0.6) is 0 Å². The average molecular weight is 139 g/mol. The van der Waals surface area contributed by atoms with Crippen molar-refractivity contribution in [2.24, 2.45) is 5.41 Å². The highest BCUT2D eigenvalue weighted by molar-refractivity contribution is 5.79. The monoisotopic (exact) mass is 139 g/mol. The number of carbonyl (C=O) groups is 1. The molecule has 0 spiro atoms. The summed E-state index contributed by atoms with van der Waals surface area (Å²) in [7, 11) is 0. The van der Waals surface area contributed by atoms with Gasteiger partial charge in [0.05, 0.1) is 0 Å². The van der Waals surface area contributed by atoms with E-state index in [1.165, 1.54) is 0 Å². The molecule has 1 N–H and O–H groups in total. The van der Waals surface area contributed by atoms with E-state index < -0.39 is 0 Å². The van der Waals surface area contributed by atoms with E-state index in [0.29, 0.717) is 6.42 Å². The summed E-state index contributed by atoms with van der Waals surface area (Å²) in [6, 6.07) is 0. The number of piperidine rings is 1. The Hall–Kier alpha value is -0.790. The lowest BCUT2D eigenvalue weighted by Crippen LogP contribution is -2.36. The minimum Gasteiger partial charge on any atom is -0.330 e. The normalized spacial score (nSPS) is 24.2. The van der Waals surface area contributed by atoms with Crippen LogP contribution in [0.4, 0.5) is 0 Å². The van der Waals surface area contributed by atoms with Crippen LogP contribution in [0, 0.1) is 5.41 Å². The lowest BCUT2D eigenvalue weighted by molar-refractivity contribution is -0.122.